The Morgan fingerprint density at radius 3 is 2.12 bits per heavy atom. The first kappa shape index (κ1) is 28.2. The van der Waals surface area contributed by atoms with Crippen LogP contribution in [0.15, 0.2) is 30.3 Å². The Hall–Kier alpha value is -2.88. The summed E-state index contributed by atoms with van der Waals surface area (Å²) >= 11 is 0.769. The van der Waals surface area contributed by atoms with Crippen molar-refractivity contribution >= 4 is 40.6 Å². The standard InChI is InChI=1S/C23H32N2O7S/c1-14(2)12-17(24-22(29)19(33-15(3)26)10-11-20(27)32-4)21(28)25-18(23(30)31)13-16-8-6-5-7-9-16/h5-9,14,17-19H,10-13H2,1-4H3,(H,24,29)(H,25,28)(H,30,31)/t17-,18-,19?/m0/s1. The van der Waals surface area contributed by atoms with Crippen molar-refractivity contribution in [2.75, 3.05) is 7.11 Å². The van der Waals surface area contributed by atoms with Gasteiger partial charge in [-0.2, -0.15) is 0 Å². The van der Waals surface area contributed by atoms with Gasteiger partial charge in [0.15, 0.2) is 5.12 Å². The fourth-order valence-electron chi connectivity index (χ4n) is 3.08. The highest BCUT2D eigenvalue weighted by Gasteiger charge is 2.30. The Balaban J connectivity index is 2.94. The van der Waals surface area contributed by atoms with Gasteiger partial charge in [0.25, 0.3) is 0 Å². The van der Waals surface area contributed by atoms with Gasteiger partial charge in [-0.1, -0.05) is 55.9 Å². The molecule has 9 nitrogen and oxygen atoms in total. The number of amides is 2. The molecule has 0 heterocycles. The van der Waals surface area contributed by atoms with Crippen molar-refractivity contribution in [3.05, 3.63) is 35.9 Å². The molecule has 0 bridgehead atoms. The number of hydrogen-bond donors (Lipinski definition) is 3. The fourth-order valence-corrected chi connectivity index (χ4v) is 3.90. The van der Waals surface area contributed by atoms with Gasteiger partial charge >= 0.3 is 11.9 Å². The first-order chi connectivity index (χ1) is 15.5. The van der Waals surface area contributed by atoms with Crippen LogP contribution < -0.4 is 10.6 Å². The van der Waals surface area contributed by atoms with E-state index in [1.807, 2.05) is 19.9 Å². The topological polar surface area (TPSA) is 139 Å². The van der Waals surface area contributed by atoms with Gasteiger partial charge in [-0.3, -0.25) is 19.2 Å². The Bertz CT molecular complexity index is 829. The van der Waals surface area contributed by atoms with Crippen LogP contribution in [0.5, 0.6) is 0 Å². The Kier molecular flexibility index (Phi) is 12.2. The highest BCUT2D eigenvalue weighted by molar-refractivity contribution is 8.14. The largest absolute Gasteiger partial charge is 0.480 e. The summed E-state index contributed by atoms with van der Waals surface area (Å²) in [5, 5.41) is 13.5. The van der Waals surface area contributed by atoms with E-state index in [4.69, 9.17) is 0 Å². The van der Waals surface area contributed by atoms with Crippen LogP contribution in [0.25, 0.3) is 0 Å². The van der Waals surface area contributed by atoms with E-state index in [-0.39, 0.29) is 36.7 Å². The number of benzene rings is 1. The molecule has 0 fully saturated rings. The van der Waals surface area contributed by atoms with Crippen molar-refractivity contribution in [2.45, 2.75) is 63.8 Å². The number of carboxylic acid groups (broad SMARTS) is 1. The van der Waals surface area contributed by atoms with Gasteiger partial charge in [-0.25, -0.2) is 4.79 Å². The summed E-state index contributed by atoms with van der Waals surface area (Å²) in [5.41, 5.74) is 0.746. The molecule has 1 aromatic rings. The van der Waals surface area contributed by atoms with Crippen LogP contribution in [0.3, 0.4) is 0 Å². The number of carbonyl (C=O) groups is 5. The van der Waals surface area contributed by atoms with Crippen molar-refractivity contribution in [3.63, 3.8) is 0 Å². The third-order valence-electron chi connectivity index (χ3n) is 4.68. The molecule has 0 saturated heterocycles. The normalized spacial score (nSPS) is 13.5. The number of ether oxygens (including phenoxy) is 1. The number of carbonyl (C=O) groups excluding carboxylic acids is 4. The maximum absolute atomic E-state index is 12.9. The third-order valence-corrected chi connectivity index (χ3v) is 5.74. The average Bonchev–Trinajstić information content (AvgIpc) is 2.75. The molecule has 0 radical (unpaired) electrons. The molecule has 3 N–H and O–H groups in total. The van der Waals surface area contributed by atoms with E-state index < -0.39 is 41.1 Å². The minimum atomic E-state index is -1.19. The Morgan fingerprint density at radius 2 is 1.61 bits per heavy atom. The zero-order valence-electron chi connectivity index (χ0n) is 19.3. The van der Waals surface area contributed by atoms with E-state index in [2.05, 4.69) is 15.4 Å². The molecule has 10 heteroatoms. The summed E-state index contributed by atoms with van der Waals surface area (Å²) in [5.74, 6) is -2.88. The smallest absolute Gasteiger partial charge is 0.326 e. The van der Waals surface area contributed by atoms with Gasteiger partial charge in [0.1, 0.15) is 12.1 Å². The number of rotatable bonds is 13. The molecule has 0 aliphatic rings. The number of esters is 1. The molecule has 1 aromatic carbocycles. The van der Waals surface area contributed by atoms with Crippen LogP contribution in [-0.2, 0) is 35.1 Å². The third kappa shape index (κ3) is 11.0. The minimum absolute atomic E-state index is 0.0208. The number of hydrogen-bond acceptors (Lipinski definition) is 7. The molecular formula is C23H32N2O7S. The molecule has 0 aromatic heterocycles. The van der Waals surface area contributed by atoms with Gasteiger partial charge in [0, 0.05) is 19.8 Å². The van der Waals surface area contributed by atoms with Gasteiger partial charge < -0.3 is 20.5 Å². The first-order valence-electron chi connectivity index (χ1n) is 10.6. The zero-order valence-corrected chi connectivity index (χ0v) is 20.1. The predicted octanol–water partition coefficient (Wildman–Crippen LogP) is 1.93. The lowest BCUT2D eigenvalue weighted by atomic mass is 10.0. The van der Waals surface area contributed by atoms with Crippen molar-refractivity contribution in [1.82, 2.24) is 10.6 Å². The first-order valence-corrected chi connectivity index (χ1v) is 11.5. The lowest BCUT2D eigenvalue weighted by Crippen LogP contribution is -2.54. The summed E-state index contributed by atoms with van der Waals surface area (Å²) in [6, 6.07) is 6.72. The monoisotopic (exact) mass is 480 g/mol. The number of methoxy groups -OCH3 is 1. The quantitative estimate of drug-likeness (QED) is 0.364. The SMILES string of the molecule is COC(=O)CCC(SC(C)=O)C(=O)N[C@@H](CC(C)C)C(=O)N[C@@H](Cc1ccccc1)C(=O)O. The minimum Gasteiger partial charge on any atom is -0.480 e. The van der Waals surface area contributed by atoms with E-state index >= 15 is 0 Å². The lowest BCUT2D eigenvalue weighted by Gasteiger charge is -2.24. The number of aliphatic carboxylic acids is 1. The maximum Gasteiger partial charge on any atom is 0.326 e. The predicted molar refractivity (Wildman–Crippen MR) is 124 cm³/mol. The molecule has 33 heavy (non-hydrogen) atoms. The second kappa shape index (κ2) is 14.3. The van der Waals surface area contributed by atoms with E-state index in [1.54, 1.807) is 24.3 Å². The van der Waals surface area contributed by atoms with E-state index in [0.29, 0.717) is 0 Å². The summed E-state index contributed by atoms with van der Waals surface area (Å²) < 4.78 is 4.59. The molecule has 2 amide bonds. The van der Waals surface area contributed by atoms with Gasteiger partial charge in [0.05, 0.1) is 12.4 Å². The second-order valence-corrected chi connectivity index (χ2v) is 9.37. The van der Waals surface area contributed by atoms with Crippen LogP contribution in [0.2, 0.25) is 0 Å². The fraction of sp³-hybridized carbons (Fsp3) is 0.522. The van der Waals surface area contributed by atoms with Gasteiger partial charge in [-0.15, -0.1) is 0 Å². The highest BCUT2D eigenvalue weighted by atomic mass is 32.2. The van der Waals surface area contributed by atoms with Crippen LogP contribution in [0.1, 0.15) is 45.6 Å². The average molecular weight is 481 g/mol. The van der Waals surface area contributed by atoms with Crippen molar-refractivity contribution in [2.24, 2.45) is 5.92 Å². The van der Waals surface area contributed by atoms with Crippen molar-refractivity contribution < 1.29 is 33.8 Å². The van der Waals surface area contributed by atoms with Crippen LogP contribution in [0.4, 0.5) is 0 Å². The molecule has 0 spiro atoms. The van der Waals surface area contributed by atoms with E-state index in [9.17, 15) is 29.1 Å². The van der Waals surface area contributed by atoms with Crippen LogP contribution in [-0.4, -0.2) is 58.4 Å². The molecule has 0 aliphatic heterocycles. The molecular weight excluding hydrogens is 448 g/mol. The molecule has 0 aliphatic carbocycles. The summed E-state index contributed by atoms with van der Waals surface area (Å²) in [6.45, 7) is 5.04. The Labute approximate surface area is 198 Å². The van der Waals surface area contributed by atoms with E-state index in [0.717, 1.165) is 17.3 Å². The summed E-state index contributed by atoms with van der Waals surface area (Å²) in [7, 11) is 1.23. The molecule has 182 valence electrons. The maximum atomic E-state index is 12.9. The number of nitrogens with one attached hydrogen (secondary N) is 2. The molecule has 0 saturated carbocycles. The Morgan fingerprint density at radius 1 is 1.00 bits per heavy atom. The van der Waals surface area contributed by atoms with E-state index in [1.165, 1.54) is 14.0 Å². The van der Waals surface area contributed by atoms with Gasteiger partial charge in [0.2, 0.25) is 11.8 Å². The van der Waals surface area contributed by atoms with Gasteiger partial charge in [-0.05, 0) is 24.3 Å². The second-order valence-electron chi connectivity index (χ2n) is 7.99. The summed E-state index contributed by atoms with van der Waals surface area (Å²) in [4.78, 5) is 60.6. The number of thioether (sulfide) groups is 1. The zero-order chi connectivity index (χ0) is 25.0. The molecule has 1 unspecified atom stereocenters. The van der Waals surface area contributed by atoms with Crippen molar-refractivity contribution in [3.8, 4) is 0 Å². The summed E-state index contributed by atoms with van der Waals surface area (Å²) in [6.07, 6.45) is 0.356. The van der Waals surface area contributed by atoms with Crippen molar-refractivity contribution in [1.29, 1.82) is 0 Å². The van der Waals surface area contributed by atoms with Crippen LogP contribution in [0, 0.1) is 5.92 Å². The molecule has 1 rings (SSSR count). The highest BCUT2D eigenvalue weighted by Crippen LogP contribution is 2.19. The molecule has 3 atom stereocenters. The lowest BCUT2D eigenvalue weighted by molar-refractivity contribution is -0.142. The van der Waals surface area contributed by atoms with Crippen LogP contribution >= 0.6 is 11.8 Å². The number of carboxylic acids is 1.